The number of aromatic nitrogens is 2. The molecular formula is C11H15N3. The van der Waals surface area contributed by atoms with Gasteiger partial charge in [-0.05, 0) is 38.1 Å². The minimum absolute atomic E-state index is 0.175. The summed E-state index contributed by atoms with van der Waals surface area (Å²) in [4.78, 5) is 8.65. The minimum atomic E-state index is 0.175. The quantitative estimate of drug-likeness (QED) is 0.765. The van der Waals surface area contributed by atoms with Gasteiger partial charge in [0, 0.05) is 12.4 Å². The molecule has 14 heavy (non-hydrogen) atoms. The number of nitrogens with one attached hydrogen (secondary N) is 1. The second kappa shape index (κ2) is 3.02. The van der Waals surface area contributed by atoms with Crippen molar-refractivity contribution in [2.75, 3.05) is 6.54 Å². The Bertz CT molecular complexity index is 313. The molecule has 2 aliphatic rings. The first-order valence-electron chi connectivity index (χ1n) is 5.43. The first-order chi connectivity index (χ1) is 6.92. The molecule has 0 amide bonds. The van der Waals surface area contributed by atoms with E-state index in [2.05, 4.69) is 15.3 Å². The monoisotopic (exact) mass is 189 g/mol. The van der Waals surface area contributed by atoms with Crippen molar-refractivity contribution in [3.63, 3.8) is 0 Å². The normalized spacial score (nSPS) is 32.0. The Hall–Kier alpha value is -0.960. The van der Waals surface area contributed by atoms with Crippen LogP contribution in [0.15, 0.2) is 18.6 Å². The van der Waals surface area contributed by atoms with Gasteiger partial charge in [0.15, 0.2) is 0 Å². The average Bonchev–Trinajstić information content (AvgIpc) is 2.99. The molecule has 3 heteroatoms. The largest absolute Gasteiger partial charge is 0.306 e. The predicted octanol–water partition coefficient (Wildman–Crippen LogP) is 1.47. The molecule has 1 atom stereocenters. The Morgan fingerprint density at radius 3 is 2.86 bits per heavy atom. The highest BCUT2D eigenvalue weighted by Crippen LogP contribution is 2.49. The molecule has 0 spiro atoms. The zero-order chi connectivity index (χ0) is 9.43. The molecule has 1 aromatic heterocycles. The van der Waals surface area contributed by atoms with Crippen molar-refractivity contribution in [2.45, 2.75) is 31.2 Å². The Morgan fingerprint density at radius 2 is 2.29 bits per heavy atom. The van der Waals surface area contributed by atoms with Gasteiger partial charge in [0.2, 0.25) is 0 Å². The van der Waals surface area contributed by atoms with E-state index in [0.29, 0.717) is 0 Å². The van der Waals surface area contributed by atoms with E-state index >= 15 is 0 Å². The molecule has 2 heterocycles. The molecule has 1 aliphatic carbocycles. The SMILES string of the molecule is c1cnc(C2(C3CC3)CCCN2)cn1. The first-order valence-corrected chi connectivity index (χ1v) is 5.43. The Labute approximate surface area is 84.0 Å². The highest BCUT2D eigenvalue weighted by Gasteiger charge is 2.48. The molecule has 1 saturated carbocycles. The lowest BCUT2D eigenvalue weighted by molar-refractivity contribution is 0.325. The molecule has 0 radical (unpaired) electrons. The van der Waals surface area contributed by atoms with Crippen LogP contribution in [0, 0.1) is 5.92 Å². The molecule has 1 aliphatic heterocycles. The Morgan fingerprint density at radius 1 is 1.36 bits per heavy atom. The molecule has 74 valence electrons. The molecule has 0 aromatic carbocycles. The summed E-state index contributed by atoms with van der Waals surface area (Å²) >= 11 is 0. The van der Waals surface area contributed by atoms with Crippen molar-refractivity contribution in [2.24, 2.45) is 5.92 Å². The van der Waals surface area contributed by atoms with E-state index in [-0.39, 0.29) is 5.54 Å². The predicted molar refractivity (Wildman–Crippen MR) is 53.7 cm³/mol. The van der Waals surface area contributed by atoms with Gasteiger partial charge in [-0.3, -0.25) is 9.97 Å². The molecule has 0 bridgehead atoms. The number of hydrogen-bond donors (Lipinski definition) is 1. The molecular weight excluding hydrogens is 174 g/mol. The van der Waals surface area contributed by atoms with Gasteiger partial charge in [-0.1, -0.05) is 0 Å². The van der Waals surface area contributed by atoms with Gasteiger partial charge in [-0.2, -0.15) is 0 Å². The van der Waals surface area contributed by atoms with Gasteiger partial charge in [0.1, 0.15) is 0 Å². The lowest BCUT2D eigenvalue weighted by atomic mass is 9.88. The topological polar surface area (TPSA) is 37.8 Å². The molecule has 1 unspecified atom stereocenters. The van der Waals surface area contributed by atoms with E-state index < -0.39 is 0 Å². The second-order valence-corrected chi connectivity index (χ2v) is 4.37. The molecule has 2 fully saturated rings. The van der Waals surface area contributed by atoms with Gasteiger partial charge >= 0.3 is 0 Å². The first kappa shape index (κ1) is 8.36. The van der Waals surface area contributed by atoms with Gasteiger partial charge in [-0.15, -0.1) is 0 Å². The zero-order valence-corrected chi connectivity index (χ0v) is 8.24. The lowest BCUT2D eigenvalue weighted by Gasteiger charge is -2.28. The summed E-state index contributed by atoms with van der Waals surface area (Å²) in [6.45, 7) is 1.13. The van der Waals surface area contributed by atoms with Crippen LogP contribution in [-0.4, -0.2) is 16.5 Å². The fourth-order valence-electron chi connectivity index (χ4n) is 2.65. The summed E-state index contributed by atoms with van der Waals surface area (Å²) in [6.07, 6.45) is 10.7. The van der Waals surface area contributed by atoms with E-state index in [0.717, 1.165) is 18.2 Å². The number of nitrogens with zero attached hydrogens (tertiary/aromatic N) is 2. The molecule has 1 aromatic rings. The van der Waals surface area contributed by atoms with Crippen LogP contribution in [0.25, 0.3) is 0 Å². The highest BCUT2D eigenvalue weighted by atomic mass is 15.1. The third-order valence-electron chi connectivity index (χ3n) is 3.48. The highest BCUT2D eigenvalue weighted by molar-refractivity contribution is 5.19. The molecule has 3 rings (SSSR count). The zero-order valence-electron chi connectivity index (χ0n) is 8.24. The summed E-state index contributed by atoms with van der Waals surface area (Å²) < 4.78 is 0. The van der Waals surface area contributed by atoms with Crippen molar-refractivity contribution >= 4 is 0 Å². The van der Waals surface area contributed by atoms with E-state index in [1.54, 1.807) is 12.4 Å². The summed E-state index contributed by atoms with van der Waals surface area (Å²) in [5.41, 5.74) is 1.33. The van der Waals surface area contributed by atoms with Crippen LogP contribution in [-0.2, 0) is 5.54 Å². The second-order valence-electron chi connectivity index (χ2n) is 4.37. The summed E-state index contributed by atoms with van der Waals surface area (Å²) in [6, 6.07) is 0. The Kier molecular flexibility index (Phi) is 1.80. The van der Waals surface area contributed by atoms with Crippen LogP contribution < -0.4 is 5.32 Å². The van der Waals surface area contributed by atoms with Gasteiger partial charge < -0.3 is 5.32 Å². The molecule has 1 N–H and O–H groups in total. The van der Waals surface area contributed by atoms with Crippen molar-refractivity contribution in [1.82, 2.24) is 15.3 Å². The van der Waals surface area contributed by atoms with E-state index in [1.165, 1.54) is 25.7 Å². The van der Waals surface area contributed by atoms with E-state index in [9.17, 15) is 0 Å². The third-order valence-corrected chi connectivity index (χ3v) is 3.48. The maximum absolute atomic E-state index is 4.47. The van der Waals surface area contributed by atoms with Gasteiger partial charge in [-0.25, -0.2) is 0 Å². The Balaban J connectivity index is 1.99. The standard InChI is InChI=1S/C11H15N3/c1-4-11(14-5-1,9-2-3-9)10-8-12-6-7-13-10/h6-9,14H,1-5H2. The summed E-state index contributed by atoms with van der Waals surface area (Å²) in [7, 11) is 0. The van der Waals surface area contributed by atoms with Gasteiger partial charge in [0.25, 0.3) is 0 Å². The van der Waals surface area contributed by atoms with Crippen molar-refractivity contribution < 1.29 is 0 Å². The number of rotatable bonds is 2. The van der Waals surface area contributed by atoms with E-state index in [1.807, 2.05) is 6.20 Å². The van der Waals surface area contributed by atoms with Crippen LogP contribution in [0.1, 0.15) is 31.4 Å². The maximum Gasteiger partial charge on any atom is 0.0790 e. The molecule has 1 saturated heterocycles. The smallest absolute Gasteiger partial charge is 0.0790 e. The van der Waals surface area contributed by atoms with Crippen LogP contribution in [0.5, 0.6) is 0 Å². The van der Waals surface area contributed by atoms with Crippen molar-refractivity contribution in [3.05, 3.63) is 24.3 Å². The van der Waals surface area contributed by atoms with E-state index in [4.69, 9.17) is 0 Å². The van der Waals surface area contributed by atoms with Crippen LogP contribution in [0.4, 0.5) is 0 Å². The lowest BCUT2D eigenvalue weighted by Crippen LogP contribution is -2.39. The fourth-order valence-corrected chi connectivity index (χ4v) is 2.65. The van der Waals surface area contributed by atoms with Crippen LogP contribution >= 0.6 is 0 Å². The summed E-state index contributed by atoms with van der Waals surface area (Å²) in [5.74, 6) is 0.807. The minimum Gasteiger partial charge on any atom is -0.306 e. The number of hydrogen-bond acceptors (Lipinski definition) is 3. The molecule has 3 nitrogen and oxygen atoms in total. The van der Waals surface area contributed by atoms with Crippen molar-refractivity contribution in [1.29, 1.82) is 0 Å². The van der Waals surface area contributed by atoms with Crippen molar-refractivity contribution in [3.8, 4) is 0 Å². The van der Waals surface area contributed by atoms with Gasteiger partial charge in [0.05, 0.1) is 17.4 Å². The maximum atomic E-state index is 4.47. The van der Waals surface area contributed by atoms with Crippen LogP contribution in [0.2, 0.25) is 0 Å². The average molecular weight is 189 g/mol. The third kappa shape index (κ3) is 1.16. The summed E-state index contributed by atoms with van der Waals surface area (Å²) in [5, 5.41) is 3.65. The fraction of sp³-hybridized carbons (Fsp3) is 0.636. The van der Waals surface area contributed by atoms with Crippen LogP contribution in [0.3, 0.4) is 0 Å².